The van der Waals surface area contributed by atoms with Gasteiger partial charge in [0, 0.05) is 6.61 Å². The van der Waals surface area contributed by atoms with Crippen LogP contribution in [0.1, 0.15) is 26.7 Å². The molecule has 0 rings (SSSR count). The number of allylic oxidation sites excluding steroid dienone is 1. The first-order chi connectivity index (χ1) is 6.63. The Balaban J connectivity index is 3.85. The molecule has 0 N–H and O–H groups in total. The van der Waals surface area contributed by atoms with Crippen molar-refractivity contribution in [3.8, 4) is 0 Å². The van der Waals surface area contributed by atoms with E-state index >= 15 is 0 Å². The lowest BCUT2D eigenvalue weighted by atomic mass is 10.1. The van der Waals surface area contributed by atoms with Crippen LogP contribution in [-0.2, 0) is 14.3 Å². The van der Waals surface area contributed by atoms with Crippen LogP contribution in [0, 0.1) is 5.92 Å². The van der Waals surface area contributed by atoms with Crippen LogP contribution < -0.4 is 0 Å². The minimum absolute atomic E-state index is 0.145. The number of carbonyl (C=O) groups excluding carboxylic acids is 1. The second-order valence-corrected chi connectivity index (χ2v) is 3.49. The molecule has 0 unspecified atom stereocenters. The average molecular weight is 200 g/mol. The Morgan fingerprint density at radius 3 is 2.57 bits per heavy atom. The molecular formula is C11H20O3. The highest BCUT2D eigenvalue weighted by atomic mass is 16.6. The van der Waals surface area contributed by atoms with Crippen LogP contribution in [0.15, 0.2) is 12.7 Å². The summed E-state index contributed by atoms with van der Waals surface area (Å²) in [5.41, 5.74) is 0. The molecule has 0 radical (unpaired) electrons. The molecular weight excluding hydrogens is 180 g/mol. The van der Waals surface area contributed by atoms with Crippen molar-refractivity contribution in [2.24, 2.45) is 5.92 Å². The number of hydrogen-bond acceptors (Lipinski definition) is 3. The van der Waals surface area contributed by atoms with E-state index in [2.05, 4.69) is 11.3 Å². The zero-order valence-electron chi connectivity index (χ0n) is 9.29. The second kappa shape index (κ2) is 7.56. The summed E-state index contributed by atoms with van der Waals surface area (Å²) < 4.78 is 10.1. The van der Waals surface area contributed by atoms with Crippen LogP contribution in [0.25, 0.3) is 0 Å². The molecule has 0 aromatic rings. The minimum Gasteiger partial charge on any atom is -0.467 e. The predicted molar refractivity (Wildman–Crippen MR) is 56.0 cm³/mol. The van der Waals surface area contributed by atoms with Gasteiger partial charge in [-0.05, 0) is 18.8 Å². The molecule has 0 aromatic carbocycles. The lowest BCUT2D eigenvalue weighted by Crippen LogP contribution is -2.31. The molecule has 0 bridgehead atoms. The Kier molecular flexibility index (Phi) is 7.11. The highest BCUT2D eigenvalue weighted by Gasteiger charge is 2.23. The molecule has 0 spiro atoms. The van der Waals surface area contributed by atoms with Gasteiger partial charge in [-0.2, -0.15) is 0 Å². The zero-order chi connectivity index (χ0) is 11.0. The fourth-order valence-electron chi connectivity index (χ4n) is 1.09. The molecule has 0 aliphatic heterocycles. The van der Waals surface area contributed by atoms with Crippen LogP contribution in [0.5, 0.6) is 0 Å². The third kappa shape index (κ3) is 5.02. The van der Waals surface area contributed by atoms with Crippen molar-refractivity contribution >= 4 is 5.97 Å². The molecule has 82 valence electrons. The molecule has 0 aliphatic carbocycles. The summed E-state index contributed by atoms with van der Waals surface area (Å²) in [6.07, 6.45) is 3.20. The van der Waals surface area contributed by atoms with Gasteiger partial charge in [-0.25, -0.2) is 4.79 Å². The molecule has 14 heavy (non-hydrogen) atoms. The first-order valence-corrected chi connectivity index (χ1v) is 4.93. The predicted octanol–water partition coefficient (Wildman–Crippen LogP) is 2.17. The zero-order valence-corrected chi connectivity index (χ0v) is 9.29. The van der Waals surface area contributed by atoms with Gasteiger partial charge in [0.1, 0.15) is 0 Å². The molecule has 3 nitrogen and oxygen atoms in total. The van der Waals surface area contributed by atoms with Crippen molar-refractivity contribution in [2.75, 3.05) is 13.7 Å². The summed E-state index contributed by atoms with van der Waals surface area (Å²) in [4.78, 5) is 11.2. The molecule has 0 heterocycles. The summed E-state index contributed by atoms with van der Waals surface area (Å²) in [6, 6.07) is 0. The third-order valence-electron chi connectivity index (χ3n) is 1.89. The summed E-state index contributed by atoms with van der Waals surface area (Å²) >= 11 is 0. The van der Waals surface area contributed by atoms with E-state index in [1.807, 2.05) is 19.9 Å². The van der Waals surface area contributed by atoms with Crippen LogP contribution in [0.3, 0.4) is 0 Å². The summed E-state index contributed by atoms with van der Waals surface area (Å²) in [5.74, 6) is -0.148. The fourth-order valence-corrected chi connectivity index (χ4v) is 1.09. The first kappa shape index (κ1) is 13.2. The van der Waals surface area contributed by atoms with E-state index in [4.69, 9.17) is 4.74 Å². The number of carbonyl (C=O) groups is 1. The summed E-state index contributed by atoms with van der Waals surface area (Å²) in [7, 11) is 1.38. The van der Waals surface area contributed by atoms with E-state index in [9.17, 15) is 4.79 Å². The number of ether oxygens (including phenoxy) is 2. The topological polar surface area (TPSA) is 35.5 Å². The van der Waals surface area contributed by atoms with Crippen molar-refractivity contribution < 1.29 is 14.3 Å². The standard InChI is InChI=1S/C11H20O3/c1-5-6-7-8-14-10(9(2)3)11(12)13-4/h5,9-10H,1,6-8H2,2-4H3/t10-/m0/s1. The van der Waals surface area contributed by atoms with Crippen molar-refractivity contribution in [3.05, 3.63) is 12.7 Å². The van der Waals surface area contributed by atoms with Crippen molar-refractivity contribution in [2.45, 2.75) is 32.8 Å². The van der Waals surface area contributed by atoms with Crippen LogP contribution in [-0.4, -0.2) is 25.8 Å². The quantitative estimate of drug-likeness (QED) is 0.359. The Bertz CT molecular complexity index is 175. The van der Waals surface area contributed by atoms with E-state index in [0.29, 0.717) is 6.61 Å². The lowest BCUT2D eigenvalue weighted by molar-refractivity contribution is -0.157. The maximum absolute atomic E-state index is 11.2. The molecule has 1 atom stereocenters. The minimum atomic E-state index is -0.440. The number of esters is 1. The molecule has 0 fully saturated rings. The molecule has 0 saturated heterocycles. The first-order valence-electron chi connectivity index (χ1n) is 4.93. The Labute approximate surface area is 86.1 Å². The number of hydrogen-bond donors (Lipinski definition) is 0. The maximum atomic E-state index is 11.2. The van der Waals surface area contributed by atoms with E-state index in [-0.39, 0.29) is 11.9 Å². The van der Waals surface area contributed by atoms with Crippen molar-refractivity contribution in [1.29, 1.82) is 0 Å². The van der Waals surface area contributed by atoms with Gasteiger partial charge >= 0.3 is 5.97 Å². The van der Waals surface area contributed by atoms with Gasteiger partial charge in [-0.15, -0.1) is 6.58 Å². The van der Waals surface area contributed by atoms with Crippen molar-refractivity contribution in [1.82, 2.24) is 0 Å². The van der Waals surface area contributed by atoms with Gasteiger partial charge in [-0.3, -0.25) is 0 Å². The largest absolute Gasteiger partial charge is 0.467 e. The van der Waals surface area contributed by atoms with Gasteiger partial charge < -0.3 is 9.47 Å². The SMILES string of the molecule is C=CCCCO[C@H](C(=O)OC)C(C)C. The molecule has 0 aliphatic rings. The van der Waals surface area contributed by atoms with Gasteiger partial charge in [-0.1, -0.05) is 19.9 Å². The Hall–Kier alpha value is -0.830. The summed E-state index contributed by atoms with van der Waals surface area (Å²) in [5, 5.41) is 0. The lowest BCUT2D eigenvalue weighted by Gasteiger charge is -2.18. The van der Waals surface area contributed by atoms with E-state index in [0.717, 1.165) is 12.8 Å². The molecule has 0 saturated carbocycles. The monoisotopic (exact) mass is 200 g/mol. The highest BCUT2D eigenvalue weighted by molar-refractivity contribution is 5.74. The van der Waals surface area contributed by atoms with Gasteiger partial charge in [0.2, 0.25) is 0 Å². The fraction of sp³-hybridized carbons (Fsp3) is 0.727. The molecule has 0 amide bonds. The van der Waals surface area contributed by atoms with Crippen LogP contribution in [0.4, 0.5) is 0 Å². The molecule has 3 heteroatoms. The number of methoxy groups -OCH3 is 1. The van der Waals surface area contributed by atoms with Gasteiger partial charge in [0.15, 0.2) is 6.10 Å². The van der Waals surface area contributed by atoms with E-state index in [1.54, 1.807) is 0 Å². The maximum Gasteiger partial charge on any atom is 0.335 e. The van der Waals surface area contributed by atoms with Crippen LogP contribution in [0.2, 0.25) is 0 Å². The van der Waals surface area contributed by atoms with E-state index in [1.165, 1.54) is 7.11 Å². The number of rotatable bonds is 7. The summed E-state index contributed by atoms with van der Waals surface area (Å²) in [6.45, 7) is 8.07. The molecule has 0 aromatic heterocycles. The van der Waals surface area contributed by atoms with Crippen molar-refractivity contribution in [3.63, 3.8) is 0 Å². The average Bonchev–Trinajstić information content (AvgIpc) is 2.16. The highest BCUT2D eigenvalue weighted by Crippen LogP contribution is 2.09. The van der Waals surface area contributed by atoms with Crippen LogP contribution >= 0.6 is 0 Å². The van der Waals surface area contributed by atoms with E-state index < -0.39 is 6.10 Å². The smallest absolute Gasteiger partial charge is 0.335 e. The Morgan fingerprint density at radius 2 is 2.14 bits per heavy atom. The normalized spacial score (nSPS) is 12.6. The third-order valence-corrected chi connectivity index (χ3v) is 1.89. The second-order valence-electron chi connectivity index (χ2n) is 3.49. The Morgan fingerprint density at radius 1 is 1.50 bits per heavy atom. The van der Waals surface area contributed by atoms with Gasteiger partial charge in [0.05, 0.1) is 7.11 Å². The number of unbranched alkanes of at least 4 members (excludes halogenated alkanes) is 1. The van der Waals surface area contributed by atoms with Gasteiger partial charge in [0.25, 0.3) is 0 Å².